The molecule has 0 saturated heterocycles. The van der Waals surface area contributed by atoms with E-state index in [9.17, 15) is 9.59 Å². The van der Waals surface area contributed by atoms with Crippen molar-refractivity contribution in [1.82, 2.24) is 24.9 Å². The maximum absolute atomic E-state index is 11.7. The van der Waals surface area contributed by atoms with Crippen molar-refractivity contribution >= 4 is 27.8 Å². The molecule has 0 saturated carbocycles. The van der Waals surface area contributed by atoms with Crippen LogP contribution in [0.5, 0.6) is 0 Å². The Kier molecular flexibility index (Phi) is 5.09. The normalized spacial score (nSPS) is 10.5. The van der Waals surface area contributed by atoms with E-state index in [0.717, 1.165) is 10.9 Å². The molecule has 21 heavy (non-hydrogen) atoms. The number of carboxylic acids is 1. The molecule has 1 amide bonds. The van der Waals surface area contributed by atoms with E-state index in [1.165, 1.54) is 16.9 Å². The van der Waals surface area contributed by atoms with Crippen molar-refractivity contribution in [3.63, 3.8) is 0 Å². The molecule has 2 aromatic heterocycles. The van der Waals surface area contributed by atoms with Crippen LogP contribution < -0.4 is 5.32 Å². The number of aromatic nitrogens is 4. The molecule has 0 unspecified atom stereocenters. The van der Waals surface area contributed by atoms with Gasteiger partial charge in [-0.3, -0.25) is 14.2 Å². The maximum atomic E-state index is 11.7. The predicted octanol–water partition coefficient (Wildman–Crippen LogP) is 0.747. The van der Waals surface area contributed by atoms with Crippen molar-refractivity contribution in [3.05, 3.63) is 34.8 Å². The first-order valence-electron chi connectivity index (χ1n) is 6.26. The van der Waals surface area contributed by atoms with E-state index in [1.54, 1.807) is 10.9 Å². The van der Waals surface area contributed by atoms with Gasteiger partial charge in [-0.25, -0.2) is 4.79 Å². The number of aryl methyl sites for hydroxylation is 1. The van der Waals surface area contributed by atoms with Gasteiger partial charge in [0.15, 0.2) is 5.69 Å². The van der Waals surface area contributed by atoms with E-state index in [4.69, 9.17) is 5.11 Å². The van der Waals surface area contributed by atoms with E-state index in [0.29, 0.717) is 13.1 Å². The standard InChI is InChI=1S/C12H14BrN5O3/c13-9-6-15-17(7-9)4-1-3-14-11(19)8-18-5-2-10(16-18)12(20)21/h2,5-7H,1,3-4,8H2,(H,14,19)(H,20,21). The first-order chi connectivity index (χ1) is 10.0. The summed E-state index contributed by atoms with van der Waals surface area (Å²) in [6.45, 7) is 1.22. The third-order valence-corrected chi connectivity index (χ3v) is 3.06. The summed E-state index contributed by atoms with van der Waals surface area (Å²) in [4.78, 5) is 22.3. The van der Waals surface area contributed by atoms with Crippen molar-refractivity contribution < 1.29 is 14.7 Å². The summed E-state index contributed by atoms with van der Waals surface area (Å²) >= 11 is 3.31. The summed E-state index contributed by atoms with van der Waals surface area (Å²) in [5, 5.41) is 19.3. The largest absolute Gasteiger partial charge is 0.476 e. The average molecular weight is 356 g/mol. The van der Waals surface area contributed by atoms with Gasteiger partial charge in [0.05, 0.1) is 10.7 Å². The number of rotatable bonds is 7. The zero-order chi connectivity index (χ0) is 15.2. The van der Waals surface area contributed by atoms with Crippen molar-refractivity contribution in [2.24, 2.45) is 0 Å². The smallest absolute Gasteiger partial charge is 0.356 e. The lowest BCUT2D eigenvalue weighted by atomic mass is 10.4. The van der Waals surface area contributed by atoms with Gasteiger partial charge < -0.3 is 10.4 Å². The third-order valence-electron chi connectivity index (χ3n) is 2.65. The molecule has 2 aromatic rings. The summed E-state index contributed by atoms with van der Waals surface area (Å²) in [5.74, 6) is -1.32. The first-order valence-corrected chi connectivity index (χ1v) is 7.05. The topological polar surface area (TPSA) is 102 Å². The monoisotopic (exact) mass is 355 g/mol. The van der Waals surface area contributed by atoms with Gasteiger partial charge in [0.1, 0.15) is 6.54 Å². The van der Waals surface area contributed by atoms with E-state index in [2.05, 4.69) is 31.4 Å². The van der Waals surface area contributed by atoms with Gasteiger partial charge >= 0.3 is 5.97 Å². The minimum absolute atomic E-state index is 0.000593. The second kappa shape index (κ2) is 7.02. The van der Waals surface area contributed by atoms with Gasteiger partial charge in [-0.2, -0.15) is 10.2 Å². The molecule has 0 bridgehead atoms. The van der Waals surface area contributed by atoms with Crippen LogP contribution >= 0.6 is 15.9 Å². The van der Waals surface area contributed by atoms with Gasteiger partial charge in [-0.05, 0) is 28.4 Å². The number of hydrogen-bond acceptors (Lipinski definition) is 4. The van der Waals surface area contributed by atoms with Gasteiger partial charge in [0.25, 0.3) is 0 Å². The zero-order valence-electron chi connectivity index (χ0n) is 11.1. The fourth-order valence-electron chi connectivity index (χ4n) is 1.70. The fraction of sp³-hybridized carbons (Fsp3) is 0.333. The van der Waals surface area contributed by atoms with Crippen molar-refractivity contribution in [1.29, 1.82) is 0 Å². The van der Waals surface area contributed by atoms with E-state index < -0.39 is 5.97 Å². The van der Waals surface area contributed by atoms with Gasteiger partial charge in [-0.15, -0.1) is 0 Å². The predicted molar refractivity (Wildman–Crippen MR) is 76.7 cm³/mol. The molecule has 0 aliphatic heterocycles. The van der Waals surface area contributed by atoms with Crippen molar-refractivity contribution in [2.75, 3.05) is 6.54 Å². The number of aromatic carboxylic acids is 1. The Balaban J connectivity index is 1.68. The fourth-order valence-corrected chi connectivity index (χ4v) is 2.02. The molecule has 2 heterocycles. The minimum atomic E-state index is -1.11. The van der Waals surface area contributed by atoms with Gasteiger partial charge in [0.2, 0.25) is 5.91 Å². The number of nitrogens with zero attached hydrogens (tertiary/aromatic N) is 4. The van der Waals surface area contributed by atoms with E-state index in [-0.39, 0.29) is 18.1 Å². The lowest BCUT2D eigenvalue weighted by Gasteiger charge is -2.05. The summed E-state index contributed by atoms with van der Waals surface area (Å²) in [6.07, 6.45) is 5.78. The quantitative estimate of drug-likeness (QED) is 0.713. The number of carbonyl (C=O) groups is 2. The highest BCUT2D eigenvalue weighted by Gasteiger charge is 2.08. The van der Waals surface area contributed by atoms with Crippen LogP contribution in [0.4, 0.5) is 0 Å². The molecule has 112 valence electrons. The molecule has 2 N–H and O–H groups in total. The molecule has 0 aliphatic rings. The minimum Gasteiger partial charge on any atom is -0.476 e. The second-order valence-electron chi connectivity index (χ2n) is 4.33. The van der Waals surface area contributed by atoms with Crippen LogP contribution in [0, 0.1) is 0 Å². The van der Waals surface area contributed by atoms with E-state index >= 15 is 0 Å². The number of hydrogen-bond donors (Lipinski definition) is 2. The van der Waals surface area contributed by atoms with E-state index in [1.807, 2.05) is 6.20 Å². The second-order valence-corrected chi connectivity index (χ2v) is 5.24. The van der Waals surface area contributed by atoms with Crippen molar-refractivity contribution in [2.45, 2.75) is 19.5 Å². The number of nitrogens with one attached hydrogen (secondary N) is 1. The highest BCUT2D eigenvalue weighted by Crippen LogP contribution is 2.06. The molecular formula is C12H14BrN5O3. The molecule has 0 atom stereocenters. The summed E-state index contributed by atoms with van der Waals surface area (Å²) in [5.41, 5.74) is -0.0768. The lowest BCUT2D eigenvalue weighted by Crippen LogP contribution is -2.29. The summed E-state index contributed by atoms with van der Waals surface area (Å²) < 4.78 is 3.99. The molecule has 0 fully saturated rings. The molecule has 0 aliphatic carbocycles. The average Bonchev–Trinajstić information content (AvgIpc) is 3.04. The molecule has 2 rings (SSSR count). The summed E-state index contributed by atoms with van der Waals surface area (Å²) in [6, 6.07) is 1.35. The van der Waals surface area contributed by atoms with Gasteiger partial charge in [-0.1, -0.05) is 0 Å². The Morgan fingerprint density at radius 1 is 1.38 bits per heavy atom. The first kappa shape index (κ1) is 15.2. The molecule has 0 radical (unpaired) electrons. The van der Waals surface area contributed by atoms with Crippen LogP contribution in [0.25, 0.3) is 0 Å². The SMILES string of the molecule is O=C(Cn1ccc(C(=O)O)n1)NCCCn1cc(Br)cn1. The van der Waals surface area contributed by atoms with Crippen LogP contribution in [0.15, 0.2) is 29.1 Å². The Morgan fingerprint density at radius 2 is 2.19 bits per heavy atom. The Hall–Kier alpha value is -2.16. The Bertz CT molecular complexity index is 636. The molecular weight excluding hydrogens is 342 g/mol. The lowest BCUT2D eigenvalue weighted by molar-refractivity contribution is -0.121. The van der Waals surface area contributed by atoms with Crippen molar-refractivity contribution in [3.8, 4) is 0 Å². The Labute approximate surface area is 128 Å². The number of halogens is 1. The molecule has 0 spiro atoms. The number of amides is 1. The highest BCUT2D eigenvalue weighted by molar-refractivity contribution is 9.10. The highest BCUT2D eigenvalue weighted by atomic mass is 79.9. The van der Waals surface area contributed by atoms with Gasteiger partial charge in [0, 0.05) is 25.5 Å². The molecule has 8 nitrogen and oxygen atoms in total. The van der Waals surface area contributed by atoms with Crippen LogP contribution in [-0.4, -0.2) is 43.1 Å². The Morgan fingerprint density at radius 3 is 2.81 bits per heavy atom. The maximum Gasteiger partial charge on any atom is 0.356 e. The molecule has 9 heteroatoms. The third kappa shape index (κ3) is 4.71. The van der Waals surface area contributed by atoms with Crippen LogP contribution in [0.3, 0.4) is 0 Å². The number of carboxylic acid groups (broad SMARTS) is 1. The zero-order valence-corrected chi connectivity index (χ0v) is 12.7. The summed E-state index contributed by atoms with van der Waals surface area (Å²) in [7, 11) is 0. The van der Waals surface area contributed by atoms with Crippen LogP contribution in [0.2, 0.25) is 0 Å². The molecule has 0 aromatic carbocycles. The van der Waals surface area contributed by atoms with Crippen LogP contribution in [0.1, 0.15) is 16.9 Å². The number of carbonyl (C=O) groups excluding carboxylic acids is 1. The van der Waals surface area contributed by atoms with Crippen LogP contribution in [-0.2, 0) is 17.9 Å².